The van der Waals surface area contributed by atoms with Gasteiger partial charge in [-0.1, -0.05) is 6.42 Å². The third kappa shape index (κ3) is 3.00. The van der Waals surface area contributed by atoms with Crippen molar-refractivity contribution in [3.8, 4) is 0 Å². The van der Waals surface area contributed by atoms with Gasteiger partial charge in [0.15, 0.2) is 0 Å². The molecule has 3 aliphatic rings. The molecule has 4 heteroatoms. The van der Waals surface area contributed by atoms with E-state index in [0.717, 1.165) is 24.2 Å². The van der Waals surface area contributed by atoms with E-state index in [9.17, 15) is 13.2 Å². The third-order valence-corrected chi connectivity index (χ3v) is 6.30. The molecular weight excluding hydrogens is 263 g/mol. The van der Waals surface area contributed by atoms with E-state index in [4.69, 9.17) is 5.73 Å². The number of hydrogen-bond acceptors (Lipinski definition) is 1. The van der Waals surface area contributed by atoms with E-state index in [-0.39, 0.29) is 6.04 Å². The zero-order valence-electron chi connectivity index (χ0n) is 12.0. The minimum Gasteiger partial charge on any atom is -0.327 e. The van der Waals surface area contributed by atoms with Crippen LogP contribution in [0.4, 0.5) is 13.2 Å². The molecule has 0 saturated heterocycles. The van der Waals surface area contributed by atoms with Gasteiger partial charge in [0.2, 0.25) is 0 Å². The van der Waals surface area contributed by atoms with Gasteiger partial charge in [0, 0.05) is 6.04 Å². The topological polar surface area (TPSA) is 26.0 Å². The molecule has 0 spiro atoms. The molecule has 0 aliphatic heterocycles. The van der Waals surface area contributed by atoms with Crippen molar-refractivity contribution in [3.63, 3.8) is 0 Å². The fourth-order valence-corrected chi connectivity index (χ4v) is 5.08. The lowest BCUT2D eigenvalue weighted by molar-refractivity contribution is -0.184. The number of fused-ring (bicyclic) bond motifs is 2. The van der Waals surface area contributed by atoms with Gasteiger partial charge < -0.3 is 5.73 Å². The van der Waals surface area contributed by atoms with Crippen molar-refractivity contribution < 1.29 is 13.2 Å². The van der Waals surface area contributed by atoms with Crippen LogP contribution in [-0.4, -0.2) is 12.2 Å². The molecule has 4 atom stereocenters. The van der Waals surface area contributed by atoms with Gasteiger partial charge in [-0.15, -0.1) is 0 Å². The first-order chi connectivity index (χ1) is 9.43. The van der Waals surface area contributed by atoms with Gasteiger partial charge >= 0.3 is 6.18 Å². The fraction of sp³-hybridized carbons (Fsp3) is 1.00. The Balaban J connectivity index is 1.46. The van der Waals surface area contributed by atoms with Crippen LogP contribution in [0.5, 0.6) is 0 Å². The largest absolute Gasteiger partial charge is 0.391 e. The van der Waals surface area contributed by atoms with E-state index < -0.39 is 12.1 Å². The van der Waals surface area contributed by atoms with Gasteiger partial charge in [-0.2, -0.15) is 13.2 Å². The first kappa shape index (κ1) is 14.7. The molecule has 1 nitrogen and oxygen atoms in total. The average Bonchev–Trinajstić information content (AvgIpc) is 3.00. The zero-order valence-corrected chi connectivity index (χ0v) is 12.0. The summed E-state index contributed by atoms with van der Waals surface area (Å²) in [7, 11) is 0. The number of hydrogen-bond donors (Lipinski definition) is 1. The second-order valence-corrected chi connectivity index (χ2v) is 7.49. The number of nitrogens with two attached hydrogens (primary N) is 1. The molecule has 20 heavy (non-hydrogen) atoms. The summed E-state index contributed by atoms with van der Waals surface area (Å²) >= 11 is 0. The van der Waals surface area contributed by atoms with Crippen molar-refractivity contribution in [2.45, 2.75) is 70.0 Å². The van der Waals surface area contributed by atoms with Gasteiger partial charge in [0.05, 0.1) is 5.92 Å². The van der Waals surface area contributed by atoms with E-state index in [1.54, 1.807) is 0 Å². The Morgan fingerprint density at radius 1 is 0.950 bits per heavy atom. The lowest BCUT2D eigenvalue weighted by Crippen LogP contribution is -2.38. The fourth-order valence-electron chi connectivity index (χ4n) is 5.08. The average molecular weight is 289 g/mol. The maximum atomic E-state index is 12.7. The summed E-state index contributed by atoms with van der Waals surface area (Å²) in [4.78, 5) is 0. The lowest BCUT2D eigenvalue weighted by atomic mass is 9.74. The summed E-state index contributed by atoms with van der Waals surface area (Å²) in [6.45, 7) is 0. The molecule has 3 rings (SSSR count). The zero-order chi connectivity index (χ0) is 14.3. The second-order valence-electron chi connectivity index (χ2n) is 7.49. The van der Waals surface area contributed by atoms with Gasteiger partial charge in [-0.25, -0.2) is 0 Å². The van der Waals surface area contributed by atoms with E-state index in [0.29, 0.717) is 31.6 Å². The smallest absolute Gasteiger partial charge is 0.327 e. The molecule has 3 aliphatic carbocycles. The summed E-state index contributed by atoms with van der Waals surface area (Å²) in [5, 5.41) is 0. The van der Waals surface area contributed by atoms with Crippen molar-refractivity contribution in [2.24, 2.45) is 35.3 Å². The molecule has 0 heterocycles. The van der Waals surface area contributed by atoms with Crippen LogP contribution in [0.2, 0.25) is 0 Å². The minimum atomic E-state index is -4.00. The summed E-state index contributed by atoms with van der Waals surface area (Å²) < 4.78 is 38.0. The molecule has 3 fully saturated rings. The van der Waals surface area contributed by atoms with Crippen molar-refractivity contribution in [1.29, 1.82) is 0 Å². The number of alkyl halides is 3. The van der Waals surface area contributed by atoms with Crippen molar-refractivity contribution >= 4 is 0 Å². The molecule has 116 valence electrons. The molecule has 2 bridgehead atoms. The van der Waals surface area contributed by atoms with Crippen molar-refractivity contribution in [2.75, 3.05) is 0 Å². The van der Waals surface area contributed by atoms with Crippen LogP contribution in [-0.2, 0) is 0 Å². The molecule has 0 aromatic rings. The molecule has 0 radical (unpaired) electrons. The first-order valence-electron chi connectivity index (χ1n) is 8.25. The highest BCUT2D eigenvalue weighted by atomic mass is 19.4. The standard InChI is InChI=1S/C16H26F3N/c17-16(18,19)14-5-3-11(4-6-14)15(20)9-13-8-10-1-2-12(13)7-10/h10-15H,1-9,20H2. The van der Waals surface area contributed by atoms with Gasteiger partial charge in [0.25, 0.3) is 0 Å². The highest BCUT2D eigenvalue weighted by molar-refractivity contribution is 4.93. The van der Waals surface area contributed by atoms with Crippen molar-refractivity contribution in [1.82, 2.24) is 0 Å². The summed E-state index contributed by atoms with van der Waals surface area (Å²) in [5.41, 5.74) is 6.33. The number of halogens is 3. The highest BCUT2D eigenvalue weighted by Crippen LogP contribution is 2.50. The van der Waals surface area contributed by atoms with E-state index in [2.05, 4.69) is 0 Å². The van der Waals surface area contributed by atoms with Gasteiger partial charge in [-0.05, 0) is 75.0 Å². The Bertz CT molecular complexity index is 333. The molecule has 0 amide bonds. The van der Waals surface area contributed by atoms with Crippen LogP contribution in [0.25, 0.3) is 0 Å². The number of rotatable bonds is 3. The Morgan fingerprint density at radius 3 is 2.15 bits per heavy atom. The normalized spacial score (nSPS) is 42.9. The monoisotopic (exact) mass is 289 g/mol. The minimum absolute atomic E-state index is 0.133. The molecule has 0 aromatic carbocycles. The summed E-state index contributed by atoms with van der Waals surface area (Å²) in [6, 6.07) is 0.133. The van der Waals surface area contributed by atoms with Crippen molar-refractivity contribution in [3.05, 3.63) is 0 Å². The van der Waals surface area contributed by atoms with Crippen LogP contribution in [0, 0.1) is 29.6 Å². The van der Waals surface area contributed by atoms with E-state index in [1.165, 1.54) is 25.7 Å². The Kier molecular flexibility index (Phi) is 4.04. The maximum absolute atomic E-state index is 12.7. The second kappa shape index (κ2) is 5.51. The predicted octanol–water partition coefficient (Wildman–Crippen LogP) is 4.51. The van der Waals surface area contributed by atoms with Crippen LogP contribution in [0.3, 0.4) is 0 Å². The maximum Gasteiger partial charge on any atom is 0.391 e. The molecule has 3 saturated carbocycles. The van der Waals surface area contributed by atoms with E-state index in [1.807, 2.05) is 0 Å². The Labute approximate surface area is 119 Å². The third-order valence-electron chi connectivity index (χ3n) is 6.30. The van der Waals surface area contributed by atoms with Crippen LogP contribution in [0.1, 0.15) is 57.8 Å². The Morgan fingerprint density at radius 2 is 1.65 bits per heavy atom. The van der Waals surface area contributed by atoms with Crippen LogP contribution >= 0.6 is 0 Å². The quantitative estimate of drug-likeness (QED) is 0.813. The first-order valence-corrected chi connectivity index (χ1v) is 8.25. The van der Waals surface area contributed by atoms with Gasteiger partial charge in [-0.3, -0.25) is 0 Å². The van der Waals surface area contributed by atoms with Crippen LogP contribution in [0.15, 0.2) is 0 Å². The molecular formula is C16H26F3N. The molecule has 4 unspecified atom stereocenters. The lowest BCUT2D eigenvalue weighted by Gasteiger charge is -2.35. The summed E-state index contributed by atoms with van der Waals surface area (Å²) in [6.07, 6.45) is 4.46. The predicted molar refractivity (Wildman–Crippen MR) is 73.0 cm³/mol. The molecule has 2 N–H and O–H groups in total. The SMILES string of the molecule is NC(CC1CC2CCC1C2)C1CCC(C(F)(F)F)CC1. The Hall–Kier alpha value is -0.250. The van der Waals surface area contributed by atoms with E-state index >= 15 is 0 Å². The van der Waals surface area contributed by atoms with Gasteiger partial charge in [0.1, 0.15) is 0 Å². The molecule has 0 aromatic heterocycles. The summed E-state index contributed by atoms with van der Waals surface area (Å²) in [5.74, 6) is 1.82. The highest BCUT2D eigenvalue weighted by Gasteiger charge is 2.44. The van der Waals surface area contributed by atoms with Crippen LogP contribution < -0.4 is 5.73 Å².